The molecule has 0 fully saturated rings. The van der Waals surface area contributed by atoms with Crippen LogP contribution < -0.4 is 14.8 Å². The summed E-state index contributed by atoms with van der Waals surface area (Å²) in [7, 11) is 1.50. The molecule has 3 aromatic carbocycles. The maximum atomic E-state index is 12.6. The molecule has 1 amide bonds. The summed E-state index contributed by atoms with van der Waals surface area (Å²) in [6.07, 6.45) is 1.46. The number of carbonyl (C=O) groups excluding carboxylic acids is 1. The highest BCUT2D eigenvalue weighted by molar-refractivity contribution is 14.1. The van der Waals surface area contributed by atoms with Crippen LogP contribution in [-0.4, -0.2) is 13.0 Å². The number of anilines is 1. The van der Waals surface area contributed by atoms with Gasteiger partial charge in [0.15, 0.2) is 11.5 Å². The molecule has 0 aliphatic carbocycles. The van der Waals surface area contributed by atoms with E-state index in [1.54, 1.807) is 48.5 Å². The third kappa shape index (κ3) is 6.04. The largest absolute Gasteiger partial charge is 0.493 e. The van der Waals surface area contributed by atoms with Crippen LogP contribution >= 0.6 is 34.2 Å². The van der Waals surface area contributed by atoms with E-state index >= 15 is 0 Å². The Labute approximate surface area is 210 Å². The van der Waals surface area contributed by atoms with Crippen LogP contribution in [0.2, 0.25) is 5.02 Å². The van der Waals surface area contributed by atoms with E-state index in [1.807, 2.05) is 18.2 Å². The van der Waals surface area contributed by atoms with Crippen LogP contribution in [0.5, 0.6) is 11.5 Å². The summed E-state index contributed by atoms with van der Waals surface area (Å²) in [6.45, 7) is 0.189. The Balaban J connectivity index is 1.85. The fourth-order valence-corrected chi connectivity index (χ4v) is 3.90. The van der Waals surface area contributed by atoms with Gasteiger partial charge < -0.3 is 14.8 Å². The van der Waals surface area contributed by atoms with Gasteiger partial charge in [0.2, 0.25) is 0 Å². The summed E-state index contributed by atoms with van der Waals surface area (Å²) in [6, 6.07) is 21.5. The number of methoxy groups -OCH3 is 1. The minimum absolute atomic E-state index is 0.0932. The van der Waals surface area contributed by atoms with Crippen molar-refractivity contribution in [2.75, 3.05) is 12.4 Å². The van der Waals surface area contributed by atoms with Gasteiger partial charge in [0.1, 0.15) is 18.2 Å². The summed E-state index contributed by atoms with van der Waals surface area (Å²) in [4.78, 5) is 12.6. The van der Waals surface area contributed by atoms with E-state index in [-0.39, 0.29) is 12.2 Å². The summed E-state index contributed by atoms with van der Waals surface area (Å²) >= 11 is 8.18. The van der Waals surface area contributed by atoms with Crippen LogP contribution in [0.3, 0.4) is 0 Å². The zero-order valence-corrected chi connectivity index (χ0v) is 20.3. The van der Waals surface area contributed by atoms with Gasteiger partial charge in [-0.15, -0.1) is 0 Å². The summed E-state index contributed by atoms with van der Waals surface area (Å²) in [5, 5.41) is 21.8. The molecule has 33 heavy (non-hydrogen) atoms. The molecule has 1 N–H and O–H groups in total. The van der Waals surface area contributed by atoms with Gasteiger partial charge in [0, 0.05) is 5.56 Å². The van der Waals surface area contributed by atoms with Crippen molar-refractivity contribution < 1.29 is 14.3 Å². The van der Waals surface area contributed by atoms with E-state index in [1.165, 1.54) is 13.2 Å². The van der Waals surface area contributed by atoms with Gasteiger partial charge in [-0.25, -0.2) is 0 Å². The van der Waals surface area contributed by atoms with Gasteiger partial charge in [-0.2, -0.15) is 10.5 Å². The smallest absolute Gasteiger partial charge is 0.266 e. The van der Waals surface area contributed by atoms with Crippen LogP contribution in [0.1, 0.15) is 16.7 Å². The highest BCUT2D eigenvalue weighted by atomic mass is 127. The normalized spacial score (nSPS) is 10.6. The number of benzene rings is 3. The van der Waals surface area contributed by atoms with Gasteiger partial charge in [0.25, 0.3) is 5.91 Å². The van der Waals surface area contributed by atoms with Crippen molar-refractivity contribution in [2.24, 2.45) is 0 Å². The molecule has 0 aromatic heterocycles. The van der Waals surface area contributed by atoms with Gasteiger partial charge in [-0.1, -0.05) is 41.9 Å². The first-order valence-corrected chi connectivity index (χ1v) is 11.1. The molecule has 0 spiro atoms. The molecule has 0 aliphatic rings. The molecule has 0 saturated carbocycles. The fraction of sp³-hybridized carbons (Fsp3) is 0.0800. The van der Waals surface area contributed by atoms with Crippen molar-refractivity contribution in [3.05, 3.63) is 91.5 Å². The molecular weight excluding hydrogens is 553 g/mol. The molecule has 0 unspecified atom stereocenters. The lowest BCUT2D eigenvalue weighted by molar-refractivity contribution is -0.112. The molecule has 0 aliphatic heterocycles. The maximum absolute atomic E-state index is 12.6. The Morgan fingerprint density at radius 3 is 2.58 bits per heavy atom. The first kappa shape index (κ1) is 24.1. The zero-order chi connectivity index (χ0) is 23.8. The number of rotatable bonds is 7. The van der Waals surface area contributed by atoms with Gasteiger partial charge in [-0.05, 0) is 64.6 Å². The number of nitrogens with one attached hydrogen (secondary N) is 1. The Morgan fingerprint density at radius 2 is 1.88 bits per heavy atom. The van der Waals surface area contributed by atoms with Crippen LogP contribution in [0.4, 0.5) is 5.69 Å². The third-order valence-corrected chi connectivity index (χ3v) is 5.69. The van der Waals surface area contributed by atoms with Crippen molar-refractivity contribution in [1.82, 2.24) is 0 Å². The van der Waals surface area contributed by atoms with E-state index in [0.29, 0.717) is 33.3 Å². The quantitative estimate of drug-likeness (QED) is 0.216. The molecule has 0 atom stereocenters. The van der Waals surface area contributed by atoms with E-state index in [2.05, 4.69) is 34.0 Å². The van der Waals surface area contributed by atoms with Crippen molar-refractivity contribution in [2.45, 2.75) is 6.61 Å². The number of hydrogen-bond donors (Lipinski definition) is 1. The molecule has 3 rings (SSSR count). The minimum atomic E-state index is -0.576. The lowest BCUT2D eigenvalue weighted by atomic mass is 10.1. The Hall–Kier alpha value is -3.53. The molecule has 0 saturated heterocycles. The summed E-state index contributed by atoms with van der Waals surface area (Å²) in [5.74, 6) is 0.362. The van der Waals surface area contributed by atoms with E-state index < -0.39 is 5.91 Å². The lowest BCUT2D eigenvalue weighted by Crippen LogP contribution is -2.13. The minimum Gasteiger partial charge on any atom is -0.493 e. The van der Waals surface area contributed by atoms with E-state index in [9.17, 15) is 15.3 Å². The number of carbonyl (C=O) groups is 1. The Morgan fingerprint density at radius 1 is 1.15 bits per heavy atom. The summed E-state index contributed by atoms with van der Waals surface area (Å²) < 4.78 is 12.1. The SMILES string of the molecule is COc1cc(/C=C(\C#N)C(=O)Nc2ccccc2Cl)cc(I)c1OCc1ccccc1C#N. The molecule has 3 aromatic rings. The van der Waals surface area contributed by atoms with Gasteiger partial charge in [0.05, 0.1) is 33.0 Å². The predicted molar refractivity (Wildman–Crippen MR) is 135 cm³/mol. The summed E-state index contributed by atoms with van der Waals surface area (Å²) in [5.41, 5.74) is 2.20. The van der Waals surface area contributed by atoms with Crippen LogP contribution in [0.25, 0.3) is 6.08 Å². The first-order valence-electron chi connectivity index (χ1n) is 9.62. The van der Waals surface area contributed by atoms with Gasteiger partial charge >= 0.3 is 0 Å². The molecule has 164 valence electrons. The standard InChI is InChI=1S/C25H17ClIN3O3/c1-32-23-12-16(10-19(14-29)25(31)30-22-9-5-4-8-20(22)26)11-21(27)24(23)33-15-18-7-3-2-6-17(18)13-28/h2-12H,15H2,1H3,(H,30,31)/b19-10+. The van der Waals surface area contributed by atoms with Crippen molar-refractivity contribution >= 4 is 51.9 Å². The number of nitrogens with zero attached hydrogens (tertiary/aromatic N) is 2. The highest BCUT2D eigenvalue weighted by Crippen LogP contribution is 2.35. The van der Waals surface area contributed by atoms with Crippen molar-refractivity contribution in [3.63, 3.8) is 0 Å². The average Bonchev–Trinajstić information content (AvgIpc) is 2.83. The number of halogens is 2. The van der Waals surface area contributed by atoms with Crippen molar-refractivity contribution in [3.8, 4) is 23.6 Å². The Kier molecular flexibility index (Phi) is 8.31. The number of amides is 1. The number of hydrogen-bond acceptors (Lipinski definition) is 5. The number of nitriles is 2. The second-order valence-corrected chi connectivity index (χ2v) is 8.26. The zero-order valence-electron chi connectivity index (χ0n) is 17.4. The van der Waals surface area contributed by atoms with Crippen LogP contribution in [0.15, 0.2) is 66.2 Å². The van der Waals surface area contributed by atoms with Gasteiger partial charge in [-0.3, -0.25) is 4.79 Å². The molecular formula is C25H17ClIN3O3. The fourth-order valence-electron chi connectivity index (χ4n) is 2.94. The number of ether oxygens (including phenoxy) is 2. The van der Waals surface area contributed by atoms with Crippen molar-refractivity contribution in [1.29, 1.82) is 10.5 Å². The molecule has 8 heteroatoms. The molecule has 0 bridgehead atoms. The third-order valence-electron chi connectivity index (χ3n) is 4.56. The van der Waals surface area contributed by atoms with E-state index in [4.69, 9.17) is 21.1 Å². The highest BCUT2D eigenvalue weighted by Gasteiger charge is 2.15. The second-order valence-electron chi connectivity index (χ2n) is 6.70. The monoisotopic (exact) mass is 569 g/mol. The first-order chi connectivity index (χ1) is 16.0. The average molecular weight is 570 g/mol. The van der Waals surface area contributed by atoms with Crippen LogP contribution in [0, 0.1) is 26.2 Å². The predicted octanol–water partition coefficient (Wildman–Crippen LogP) is 5.95. The van der Waals surface area contributed by atoms with E-state index in [0.717, 1.165) is 9.13 Å². The lowest BCUT2D eigenvalue weighted by Gasteiger charge is -2.14. The number of para-hydroxylation sites is 1. The molecule has 0 heterocycles. The molecule has 6 nitrogen and oxygen atoms in total. The molecule has 0 radical (unpaired) electrons. The second kappa shape index (κ2) is 11.4. The maximum Gasteiger partial charge on any atom is 0.266 e. The topological polar surface area (TPSA) is 95.1 Å². The Bertz CT molecular complexity index is 1310. The van der Waals surface area contributed by atoms with Crippen LogP contribution in [-0.2, 0) is 11.4 Å².